The number of amides is 1. The number of methoxy groups -OCH3 is 1. The molecule has 1 rings (SSSR count). The third kappa shape index (κ3) is 4.02. The van der Waals surface area contributed by atoms with Crippen molar-refractivity contribution in [1.29, 1.82) is 0 Å². The molecular formula is C12H17BrN2O2. The van der Waals surface area contributed by atoms with Crippen LogP contribution in [0.4, 0.5) is 5.69 Å². The molecular weight excluding hydrogens is 284 g/mol. The lowest BCUT2D eigenvalue weighted by Crippen LogP contribution is -2.19. The minimum atomic E-state index is -0.0249. The first kappa shape index (κ1) is 14.0. The van der Waals surface area contributed by atoms with E-state index in [-0.39, 0.29) is 5.91 Å². The van der Waals surface area contributed by atoms with E-state index in [0.29, 0.717) is 18.7 Å². The Labute approximate surface area is 110 Å². The molecule has 0 saturated heterocycles. The third-order valence-electron chi connectivity index (χ3n) is 2.35. The maximum atomic E-state index is 11.7. The summed E-state index contributed by atoms with van der Waals surface area (Å²) < 4.78 is 6.18. The molecule has 0 radical (unpaired) electrons. The highest BCUT2D eigenvalue weighted by molar-refractivity contribution is 9.10. The first-order chi connectivity index (χ1) is 8.08. The molecule has 5 heteroatoms. The van der Waals surface area contributed by atoms with Crippen LogP contribution in [-0.4, -0.2) is 26.6 Å². The van der Waals surface area contributed by atoms with Gasteiger partial charge in [-0.3, -0.25) is 4.79 Å². The number of hydrogen-bond donors (Lipinski definition) is 2. The Morgan fingerprint density at radius 3 is 2.76 bits per heavy atom. The van der Waals surface area contributed by atoms with E-state index in [4.69, 9.17) is 4.74 Å². The molecule has 4 nitrogen and oxygen atoms in total. The van der Waals surface area contributed by atoms with Crippen molar-refractivity contribution in [2.24, 2.45) is 0 Å². The van der Waals surface area contributed by atoms with Crippen LogP contribution < -0.4 is 15.4 Å². The van der Waals surface area contributed by atoms with Crippen molar-refractivity contribution in [2.45, 2.75) is 13.3 Å². The van der Waals surface area contributed by atoms with Gasteiger partial charge >= 0.3 is 0 Å². The van der Waals surface area contributed by atoms with E-state index in [0.717, 1.165) is 15.7 Å². The van der Waals surface area contributed by atoms with Gasteiger partial charge in [-0.2, -0.15) is 0 Å². The van der Waals surface area contributed by atoms with Gasteiger partial charge in [-0.1, -0.05) is 15.9 Å². The quantitative estimate of drug-likeness (QED) is 0.877. The van der Waals surface area contributed by atoms with Crippen molar-refractivity contribution in [3.8, 4) is 5.75 Å². The van der Waals surface area contributed by atoms with Gasteiger partial charge in [-0.15, -0.1) is 0 Å². The Bertz CT molecular complexity index is 408. The summed E-state index contributed by atoms with van der Waals surface area (Å²) in [6.45, 7) is 2.59. The first-order valence-corrected chi connectivity index (χ1v) is 6.16. The molecule has 0 fully saturated rings. The SMILES string of the molecule is CNCCC(=O)Nc1c(C)cc(Br)cc1OC. The Kier molecular flexibility index (Phi) is 5.44. The van der Waals surface area contributed by atoms with Crippen LogP contribution >= 0.6 is 15.9 Å². The lowest BCUT2D eigenvalue weighted by atomic mass is 10.2. The van der Waals surface area contributed by atoms with Gasteiger partial charge in [0.15, 0.2) is 0 Å². The number of nitrogens with one attached hydrogen (secondary N) is 2. The van der Waals surface area contributed by atoms with Gasteiger partial charge in [0, 0.05) is 17.4 Å². The van der Waals surface area contributed by atoms with E-state index >= 15 is 0 Å². The summed E-state index contributed by atoms with van der Waals surface area (Å²) in [6.07, 6.45) is 0.440. The fourth-order valence-corrected chi connectivity index (χ4v) is 2.03. The lowest BCUT2D eigenvalue weighted by Gasteiger charge is -2.13. The molecule has 2 N–H and O–H groups in total. The number of ether oxygens (including phenoxy) is 1. The molecule has 94 valence electrons. The molecule has 0 atom stereocenters. The smallest absolute Gasteiger partial charge is 0.225 e. The highest BCUT2D eigenvalue weighted by Crippen LogP contribution is 2.32. The van der Waals surface area contributed by atoms with Gasteiger partial charge in [0.1, 0.15) is 5.75 Å². The molecule has 0 aliphatic rings. The molecule has 1 aromatic rings. The second-order valence-corrected chi connectivity index (χ2v) is 4.62. The van der Waals surface area contributed by atoms with Crippen LogP contribution in [0.1, 0.15) is 12.0 Å². The molecule has 0 unspecified atom stereocenters. The standard InChI is InChI=1S/C12H17BrN2O2/c1-8-6-9(13)7-10(17-3)12(8)15-11(16)4-5-14-2/h6-7,14H,4-5H2,1-3H3,(H,15,16). The summed E-state index contributed by atoms with van der Waals surface area (Å²) in [4.78, 5) is 11.7. The Morgan fingerprint density at radius 1 is 1.47 bits per heavy atom. The third-order valence-corrected chi connectivity index (χ3v) is 2.81. The highest BCUT2D eigenvalue weighted by Gasteiger charge is 2.11. The molecule has 0 aromatic heterocycles. The van der Waals surface area contributed by atoms with Crippen LogP contribution in [0.3, 0.4) is 0 Å². The monoisotopic (exact) mass is 300 g/mol. The Morgan fingerprint density at radius 2 is 2.18 bits per heavy atom. The average molecular weight is 301 g/mol. The average Bonchev–Trinajstić information content (AvgIpc) is 2.29. The summed E-state index contributed by atoms with van der Waals surface area (Å²) in [5, 5.41) is 5.80. The number of anilines is 1. The van der Waals surface area contributed by atoms with Gasteiger partial charge in [-0.05, 0) is 31.7 Å². The van der Waals surface area contributed by atoms with Gasteiger partial charge in [0.2, 0.25) is 5.91 Å². The summed E-state index contributed by atoms with van der Waals surface area (Å²) in [7, 11) is 3.41. The molecule has 0 spiro atoms. The maximum Gasteiger partial charge on any atom is 0.225 e. The van der Waals surface area contributed by atoms with Crippen molar-refractivity contribution in [2.75, 3.05) is 26.0 Å². The van der Waals surface area contributed by atoms with Crippen LogP contribution in [0.5, 0.6) is 5.75 Å². The molecule has 1 aromatic carbocycles. The predicted molar refractivity (Wildman–Crippen MR) is 72.6 cm³/mol. The second kappa shape index (κ2) is 6.61. The van der Waals surface area contributed by atoms with Crippen LogP contribution in [0, 0.1) is 6.92 Å². The van der Waals surface area contributed by atoms with Crippen molar-refractivity contribution in [3.63, 3.8) is 0 Å². The van der Waals surface area contributed by atoms with Gasteiger partial charge in [0.05, 0.1) is 12.8 Å². The topological polar surface area (TPSA) is 50.4 Å². The predicted octanol–water partition coefficient (Wildman–Crippen LogP) is 2.31. The summed E-state index contributed by atoms with van der Waals surface area (Å²) in [5.74, 6) is 0.637. The van der Waals surface area contributed by atoms with Crippen LogP contribution in [0.15, 0.2) is 16.6 Å². The number of benzene rings is 1. The summed E-state index contributed by atoms with van der Waals surface area (Å²) in [5.41, 5.74) is 1.70. The van der Waals surface area contributed by atoms with E-state index in [1.807, 2.05) is 26.1 Å². The minimum Gasteiger partial charge on any atom is -0.495 e. The largest absolute Gasteiger partial charge is 0.495 e. The Balaban J connectivity index is 2.86. The first-order valence-electron chi connectivity index (χ1n) is 5.37. The molecule has 0 aliphatic carbocycles. The second-order valence-electron chi connectivity index (χ2n) is 3.70. The zero-order valence-electron chi connectivity index (χ0n) is 10.3. The molecule has 0 saturated carbocycles. The number of halogens is 1. The van der Waals surface area contributed by atoms with Crippen molar-refractivity contribution in [1.82, 2.24) is 5.32 Å². The normalized spacial score (nSPS) is 10.1. The summed E-state index contributed by atoms with van der Waals surface area (Å²) in [6, 6.07) is 3.77. The zero-order chi connectivity index (χ0) is 12.8. The van der Waals surface area contributed by atoms with Crippen molar-refractivity contribution in [3.05, 3.63) is 22.2 Å². The van der Waals surface area contributed by atoms with Crippen molar-refractivity contribution < 1.29 is 9.53 Å². The fraction of sp³-hybridized carbons (Fsp3) is 0.417. The van der Waals surface area contributed by atoms with E-state index in [1.54, 1.807) is 7.11 Å². The van der Waals surface area contributed by atoms with Crippen LogP contribution in [0.25, 0.3) is 0 Å². The molecule has 0 aliphatic heterocycles. The van der Waals surface area contributed by atoms with E-state index in [2.05, 4.69) is 26.6 Å². The molecule has 0 bridgehead atoms. The Hall–Kier alpha value is -1.07. The van der Waals surface area contributed by atoms with E-state index in [9.17, 15) is 4.79 Å². The maximum absolute atomic E-state index is 11.7. The minimum absolute atomic E-state index is 0.0249. The van der Waals surface area contributed by atoms with Crippen molar-refractivity contribution >= 4 is 27.5 Å². The zero-order valence-corrected chi connectivity index (χ0v) is 11.8. The van der Waals surface area contributed by atoms with Gasteiger partial charge in [0.25, 0.3) is 0 Å². The van der Waals surface area contributed by atoms with Crippen LogP contribution in [-0.2, 0) is 4.79 Å². The number of rotatable bonds is 5. The van der Waals surface area contributed by atoms with Gasteiger partial charge in [-0.25, -0.2) is 0 Å². The van der Waals surface area contributed by atoms with E-state index < -0.39 is 0 Å². The van der Waals surface area contributed by atoms with Gasteiger partial charge < -0.3 is 15.4 Å². The fourth-order valence-electron chi connectivity index (χ4n) is 1.47. The number of carbonyl (C=O) groups excluding carboxylic acids is 1. The van der Waals surface area contributed by atoms with Crippen LogP contribution in [0.2, 0.25) is 0 Å². The summed E-state index contributed by atoms with van der Waals surface area (Å²) >= 11 is 3.39. The number of carbonyl (C=O) groups is 1. The lowest BCUT2D eigenvalue weighted by molar-refractivity contribution is -0.116. The van der Waals surface area contributed by atoms with E-state index in [1.165, 1.54) is 0 Å². The number of hydrogen-bond acceptors (Lipinski definition) is 3. The number of aryl methyl sites for hydroxylation is 1. The highest BCUT2D eigenvalue weighted by atomic mass is 79.9. The molecule has 0 heterocycles. The molecule has 17 heavy (non-hydrogen) atoms. The molecule has 1 amide bonds.